The zero-order chi connectivity index (χ0) is 21.0. The normalized spacial score (nSPS) is 20.1. The molecule has 158 valence electrons. The lowest BCUT2D eigenvalue weighted by Gasteiger charge is -2.41. The maximum absolute atomic E-state index is 12.9. The van der Waals surface area contributed by atoms with Gasteiger partial charge in [-0.25, -0.2) is 0 Å². The van der Waals surface area contributed by atoms with Gasteiger partial charge < -0.3 is 19.6 Å². The Hall–Kier alpha value is -2.70. The minimum atomic E-state index is -1.15. The van der Waals surface area contributed by atoms with Crippen LogP contribution in [0.4, 0.5) is 0 Å². The molecule has 0 saturated carbocycles. The second-order valence-corrected chi connectivity index (χ2v) is 8.15. The lowest BCUT2D eigenvalue weighted by molar-refractivity contribution is -0.148. The van der Waals surface area contributed by atoms with Gasteiger partial charge in [0.05, 0.1) is 18.6 Å². The van der Waals surface area contributed by atoms with Crippen molar-refractivity contribution in [2.75, 3.05) is 26.2 Å². The maximum atomic E-state index is 12.9. The Morgan fingerprint density at radius 2 is 1.63 bits per heavy atom. The van der Waals surface area contributed by atoms with Crippen LogP contribution >= 0.6 is 0 Å². The molecule has 2 aromatic carbocycles. The molecule has 0 bridgehead atoms. The largest absolute Gasteiger partial charge is 0.378 e. The molecule has 0 aromatic heterocycles. The molecule has 2 aromatic rings. The minimum Gasteiger partial charge on any atom is -0.378 e. The third kappa shape index (κ3) is 4.55. The zero-order valence-corrected chi connectivity index (χ0v) is 17.1. The molecule has 2 amide bonds. The first kappa shape index (κ1) is 20.6. The first-order valence-corrected chi connectivity index (χ1v) is 10.5. The lowest BCUT2D eigenvalue weighted by Crippen LogP contribution is -2.50. The summed E-state index contributed by atoms with van der Waals surface area (Å²) in [4.78, 5) is 29.2. The van der Waals surface area contributed by atoms with Gasteiger partial charge in [-0.1, -0.05) is 60.7 Å². The van der Waals surface area contributed by atoms with Crippen LogP contribution in [0.1, 0.15) is 36.5 Å². The van der Waals surface area contributed by atoms with E-state index in [0.717, 1.165) is 5.56 Å². The topological polar surface area (TPSA) is 70.1 Å². The summed E-state index contributed by atoms with van der Waals surface area (Å²) in [6.45, 7) is 2.63. The van der Waals surface area contributed by atoms with Gasteiger partial charge in [0.2, 0.25) is 5.91 Å². The molecule has 6 nitrogen and oxygen atoms in total. The van der Waals surface area contributed by atoms with Crippen LogP contribution in [0, 0.1) is 0 Å². The molecule has 1 spiro atoms. The molecule has 0 aliphatic carbocycles. The van der Waals surface area contributed by atoms with E-state index in [-0.39, 0.29) is 11.8 Å². The summed E-state index contributed by atoms with van der Waals surface area (Å²) in [6.07, 6.45) is 0.387. The van der Waals surface area contributed by atoms with E-state index in [1.165, 1.54) is 0 Å². The molecule has 2 aliphatic rings. The van der Waals surface area contributed by atoms with E-state index in [9.17, 15) is 14.7 Å². The summed E-state index contributed by atoms with van der Waals surface area (Å²) in [7, 11) is 0. The van der Waals surface area contributed by atoms with Crippen molar-refractivity contribution in [3.63, 3.8) is 0 Å². The smallest absolute Gasteiger partial charge is 0.256 e. The molecule has 2 aliphatic heterocycles. The highest BCUT2D eigenvalue weighted by Crippen LogP contribution is 2.33. The fourth-order valence-electron chi connectivity index (χ4n) is 4.31. The summed E-state index contributed by atoms with van der Waals surface area (Å²) in [5.74, 6) is -0.192. The van der Waals surface area contributed by atoms with Crippen LogP contribution in [0.5, 0.6) is 0 Å². The van der Waals surface area contributed by atoms with Crippen molar-refractivity contribution < 1.29 is 19.4 Å². The average molecular weight is 408 g/mol. The maximum Gasteiger partial charge on any atom is 0.256 e. The van der Waals surface area contributed by atoms with Crippen molar-refractivity contribution in [2.45, 2.75) is 37.5 Å². The summed E-state index contributed by atoms with van der Waals surface area (Å²) in [5, 5.41) is 10.4. The quantitative estimate of drug-likeness (QED) is 0.844. The standard InChI is InChI=1S/C24H28N2O4/c27-21-17-24(30-16-15-26(21)18-19-7-3-1-4-8-19)11-13-25(14-12-24)23(29)22(28)20-9-5-2-6-10-20/h1-10,22,28H,11-18H2/t22-/m1/s1. The fraction of sp³-hybridized carbons (Fsp3) is 0.417. The van der Waals surface area contributed by atoms with Gasteiger partial charge in [0.1, 0.15) is 0 Å². The first-order chi connectivity index (χ1) is 14.6. The molecule has 1 atom stereocenters. The van der Waals surface area contributed by atoms with Crippen LogP contribution in [-0.4, -0.2) is 58.6 Å². The molecule has 4 rings (SSSR count). The van der Waals surface area contributed by atoms with Crippen LogP contribution in [0.25, 0.3) is 0 Å². The third-order valence-corrected chi connectivity index (χ3v) is 6.15. The summed E-state index contributed by atoms with van der Waals surface area (Å²) >= 11 is 0. The number of amides is 2. The van der Waals surface area contributed by atoms with Gasteiger partial charge in [0.25, 0.3) is 5.91 Å². The molecule has 2 heterocycles. The van der Waals surface area contributed by atoms with E-state index in [1.54, 1.807) is 17.0 Å². The van der Waals surface area contributed by atoms with Gasteiger partial charge >= 0.3 is 0 Å². The van der Waals surface area contributed by atoms with Crippen molar-refractivity contribution in [2.24, 2.45) is 0 Å². The van der Waals surface area contributed by atoms with E-state index < -0.39 is 11.7 Å². The van der Waals surface area contributed by atoms with E-state index in [0.29, 0.717) is 57.6 Å². The summed E-state index contributed by atoms with van der Waals surface area (Å²) in [5.41, 5.74) is 1.19. The molecule has 30 heavy (non-hydrogen) atoms. The van der Waals surface area contributed by atoms with E-state index in [2.05, 4.69) is 0 Å². The van der Waals surface area contributed by atoms with Gasteiger partial charge in [0, 0.05) is 26.2 Å². The molecular weight excluding hydrogens is 380 g/mol. The van der Waals surface area contributed by atoms with Gasteiger partial charge in [0.15, 0.2) is 6.10 Å². The van der Waals surface area contributed by atoms with Crippen LogP contribution in [0.2, 0.25) is 0 Å². The minimum absolute atomic E-state index is 0.0976. The predicted molar refractivity (Wildman–Crippen MR) is 112 cm³/mol. The fourth-order valence-corrected chi connectivity index (χ4v) is 4.31. The van der Waals surface area contributed by atoms with Crippen LogP contribution in [-0.2, 0) is 20.9 Å². The third-order valence-electron chi connectivity index (χ3n) is 6.15. The summed E-state index contributed by atoms with van der Waals surface area (Å²) < 4.78 is 6.18. The second kappa shape index (κ2) is 8.98. The molecule has 2 fully saturated rings. The van der Waals surface area contributed by atoms with Gasteiger partial charge in [-0.3, -0.25) is 9.59 Å². The molecule has 0 radical (unpaired) electrons. The monoisotopic (exact) mass is 408 g/mol. The van der Waals surface area contributed by atoms with Gasteiger partial charge in [-0.2, -0.15) is 0 Å². The number of carbonyl (C=O) groups is 2. The van der Waals surface area contributed by atoms with Crippen molar-refractivity contribution >= 4 is 11.8 Å². The second-order valence-electron chi connectivity index (χ2n) is 8.15. The Kier molecular flexibility index (Phi) is 6.16. The number of likely N-dealkylation sites (tertiary alicyclic amines) is 1. The molecule has 1 N–H and O–H groups in total. The van der Waals surface area contributed by atoms with E-state index >= 15 is 0 Å². The average Bonchev–Trinajstić information content (AvgIpc) is 2.93. The Bertz CT molecular complexity index is 863. The highest BCUT2D eigenvalue weighted by Gasteiger charge is 2.42. The van der Waals surface area contributed by atoms with Gasteiger partial charge in [-0.05, 0) is 24.0 Å². The highest BCUT2D eigenvalue weighted by molar-refractivity contribution is 5.82. The van der Waals surface area contributed by atoms with Crippen LogP contribution in [0.3, 0.4) is 0 Å². The molecule has 6 heteroatoms. The summed E-state index contributed by atoms with van der Waals surface area (Å²) in [6, 6.07) is 19.0. The highest BCUT2D eigenvalue weighted by atomic mass is 16.5. The number of piperidine rings is 1. The number of aliphatic hydroxyl groups is 1. The number of benzene rings is 2. The van der Waals surface area contributed by atoms with Crippen LogP contribution in [0.15, 0.2) is 60.7 Å². The molecule has 0 unspecified atom stereocenters. The first-order valence-electron chi connectivity index (χ1n) is 10.5. The number of hydrogen-bond donors (Lipinski definition) is 1. The number of nitrogens with zero attached hydrogens (tertiary/aromatic N) is 2. The Morgan fingerprint density at radius 3 is 2.30 bits per heavy atom. The lowest BCUT2D eigenvalue weighted by atomic mass is 9.87. The number of ether oxygens (including phenoxy) is 1. The van der Waals surface area contributed by atoms with Crippen molar-refractivity contribution in [1.82, 2.24) is 9.80 Å². The zero-order valence-electron chi connectivity index (χ0n) is 17.1. The van der Waals surface area contributed by atoms with E-state index in [1.807, 2.05) is 53.4 Å². The Morgan fingerprint density at radius 1 is 1.00 bits per heavy atom. The molecule has 2 saturated heterocycles. The van der Waals surface area contributed by atoms with E-state index in [4.69, 9.17) is 4.74 Å². The SMILES string of the molecule is O=C1CC2(CCN(C(=O)[C@H](O)c3ccccc3)CC2)OCCN1Cc1ccccc1. The predicted octanol–water partition coefficient (Wildman–Crippen LogP) is 2.53. The number of rotatable bonds is 4. The van der Waals surface area contributed by atoms with Crippen molar-refractivity contribution in [1.29, 1.82) is 0 Å². The number of carbonyl (C=O) groups excluding carboxylic acids is 2. The van der Waals surface area contributed by atoms with Crippen molar-refractivity contribution in [3.8, 4) is 0 Å². The van der Waals surface area contributed by atoms with Crippen molar-refractivity contribution in [3.05, 3.63) is 71.8 Å². The van der Waals surface area contributed by atoms with Gasteiger partial charge in [-0.15, -0.1) is 0 Å². The number of hydrogen-bond acceptors (Lipinski definition) is 4. The Balaban J connectivity index is 1.35. The van der Waals surface area contributed by atoms with Crippen LogP contribution < -0.4 is 0 Å². The Labute approximate surface area is 177 Å². The number of aliphatic hydroxyl groups excluding tert-OH is 1. The molecular formula is C24H28N2O4.